The molecule has 3 aromatic rings. The summed E-state index contributed by atoms with van der Waals surface area (Å²) in [4.78, 5) is 28.6. The second kappa shape index (κ2) is 10.4. The first-order valence-corrected chi connectivity index (χ1v) is 13.1. The third-order valence-electron chi connectivity index (χ3n) is 6.99. The third-order valence-corrected chi connectivity index (χ3v) is 6.99. The Morgan fingerprint density at radius 2 is 1.92 bits per heavy atom. The molecule has 0 atom stereocenters. The van der Waals surface area contributed by atoms with Gasteiger partial charge in [-0.05, 0) is 69.1 Å². The maximum Gasteiger partial charge on any atom is 0.306 e. The molecule has 0 radical (unpaired) electrons. The quantitative estimate of drug-likeness (QED) is 0.409. The molecule has 0 amide bonds. The molecular formula is C28H40N6O2. The van der Waals surface area contributed by atoms with Gasteiger partial charge in [0.05, 0.1) is 12.9 Å². The van der Waals surface area contributed by atoms with E-state index in [1.807, 2.05) is 13.3 Å². The van der Waals surface area contributed by atoms with Gasteiger partial charge in [0, 0.05) is 31.2 Å². The first kappa shape index (κ1) is 25.9. The van der Waals surface area contributed by atoms with Crippen LogP contribution in [0.3, 0.4) is 0 Å². The summed E-state index contributed by atoms with van der Waals surface area (Å²) in [5.74, 6) is 1.68. The smallest absolute Gasteiger partial charge is 0.306 e. The number of hydrogen-bond donors (Lipinski definition) is 1. The predicted octanol–water partition coefficient (Wildman–Crippen LogP) is 5.93. The Hall–Kier alpha value is -3.16. The number of piperidine rings is 1. The van der Waals surface area contributed by atoms with E-state index in [2.05, 4.69) is 79.5 Å². The van der Waals surface area contributed by atoms with Gasteiger partial charge >= 0.3 is 5.97 Å². The Balaban J connectivity index is 1.66. The highest BCUT2D eigenvalue weighted by molar-refractivity contribution is 5.87. The molecule has 1 N–H and O–H groups in total. The second-order valence-electron chi connectivity index (χ2n) is 11.1. The highest BCUT2D eigenvalue weighted by Gasteiger charge is 2.26. The minimum absolute atomic E-state index is 0.0455. The fraction of sp³-hybridized carbons (Fsp3) is 0.571. The lowest BCUT2D eigenvalue weighted by atomic mass is 9.86. The monoisotopic (exact) mass is 492 g/mol. The molecule has 36 heavy (non-hydrogen) atoms. The van der Waals surface area contributed by atoms with Crippen LogP contribution in [0.5, 0.6) is 0 Å². The highest BCUT2D eigenvalue weighted by Crippen LogP contribution is 2.33. The number of carbonyl (C=O) groups excluding carboxylic acids is 1. The van der Waals surface area contributed by atoms with Crippen LogP contribution in [0, 0.1) is 12.8 Å². The van der Waals surface area contributed by atoms with Crippen molar-refractivity contribution in [3.05, 3.63) is 35.7 Å². The van der Waals surface area contributed by atoms with Crippen LogP contribution >= 0.6 is 0 Å². The lowest BCUT2D eigenvalue weighted by Gasteiger charge is -2.31. The van der Waals surface area contributed by atoms with Gasteiger partial charge in [0.1, 0.15) is 5.52 Å². The van der Waals surface area contributed by atoms with Crippen molar-refractivity contribution in [1.29, 1.82) is 0 Å². The van der Waals surface area contributed by atoms with Gasteiger partial charge in [-0.3, -0.25) is 4.79 Å². The predicted molar refractivity (Wildman–Crippen MR) is 145 cm³/mol. The number of imidazole rings is 1. The number of hydrogen-bond acceptors (Lipinski definition) is 7. The molecule has 1 aromatic carbocycles. The Bertz CT molecular complexity index is 1220. The molecule has 1 saturated heterocycles. The molecule has 194 valence electrons. The van der Waals surface area contributed by atoms with Gasteiger partial charge in [-0.1, -0.05) is 32.9 Å². The van der Waals surface area contributed by atoms with E-state index in [4.69, 9.17) is 14.7 Å². The standard InChI is InChI=1S/C28H40N6O2/c1-8-36-23(35)15-20-11-13-33(14-12-20)27-31-25-24(34(17-29-25)18(2)3)26(32-27)30-22-16-21(28(5,6)7)10-9-19(22)4/h9-10,16-18,20H,8,11-15H2,1-7H3,(H,30,31,32). The Kier molecular flexibility index (Phi) is 7.52. The van der Waals surface area contributed by atoms with Crippen LogP contribution < -0.4 is 10.2 Å². The van der Waals surface area contributed by atoms with Crippen LogP contribution in [-0.2, 0) is 14.9 Å². The Labute approximate surface area is 214 Å². The summed E-state index contributed by atoms with van der Waals surface area (Å²) in [7, 11) is 0. The van der Waals surface area contributed by atoms with E-state index in [0.29, 0.717) is 30.5 Å². The molecule has 8 nitrogen and oxygen atoms in total. The van der Waals surface area contributed by atoms with Crippen molar-refractivity contribution in [1.82, 2.24) is 19.5 Å². The Morgan fingerprint density at radius 1 is 1.19 bits per heavy atom. The van der Waals surface area contributed by atoms with E-state index in [0.717, 1.165) is 48.5 Å². The molecule has 0 unspecified atom stereocenters. The third kappa shape index (κ3) is 5.63. The van der Waals surface area contributed by atoms with Crippen LogP contribution in [0.1, 0.15) is 78.0 Å². The average Bonchev–Trinajstić information content (AvgIpc) is 3.25. The number of esters is 1. The van der Waals surface area contributed by atoms with Crippen molar-refractivity contribution in [3.63, 3.8) is 0 Å². The molecule has 0 aliphatic carbocycles. The molecular weight excluding hydrogens is 452 g/mol. The van der Waals surface area contributed by atoms with Crippen molar-refractivity contribution in [3.8, 4) is 0 Å². The van der Waals surface area contributed by atoms with Crippen molar-refractivity contribution < 1.29 is 9.53 Å². The molecule has 0 spiro atoms. The van der Waals surface area contributed by atoms with E-state index in [1.165, 1.54) is 5.56 Å². The minimum Gasteiger partial charge on any atom is -0.466 e. The van der Waals surface area contributed by atoms with E-state index >= 15 is 0 Å². The summed E-state index contributed by atoms with van der Waals surface area (Å²) in [6, 6.07) is 6.81. The number of nitrogens with one attached hydrogen (secondary N) is 1. The summed E-state index contributed by atoms with van der Waals surface area (Å²) in [6.45, 7) is 16.9. The molecule has 0 bridgehead atoms. The second-order valence-corrected chi connectivity index (χ2v) is 11.1. The summed E-state index contributed by atoms with van der Waals surface area (Å²) in [6.07, 6.45) is 4.16. The number of aromatic nitrogens is 4. The zero-order chi connectivity index (χ0) is 26.0. The van der Waals surface area contributed by atoms with Crippen LogP contribution in [0.4, 0.5) is 17.5 Å². The fourth-order valence-electron chi connectivity index (χ4n) is 4.70. The maximum atomic E-state index is 11.9. The number of benzene rings is 1. The van der Waals surface area contributed by atoms with E-state index in [-0.39, 0.29) is 17.4 Å². The number of rotatable bonds is 7. The van der Waals surface area contributed by atoms with E-state index in [1.54, 1.807) is 0 Å². The number of fused-ring (bicyclic) bond motifs is 1. The van der Waals surface area contributed by atoms with Gasteiger partial charge in [-0.25, -0.2) is 4.98 Å². The van der Waals surface area contributed by atoms with Crippen LogP contribution in [0.15, 0.2) is 24.5 Å². The summed E-state index contributed by atoms with van der Waals surface area (Å²) in [5.41, 5.74) is 5.11. The van der Waals surface area contributed by atoms with E-state index in [9.17, 15) is 4.79 Å². The van der Waals surface area contributed by atoms with E-state index < -0.39 is 0 Å². The molecule has 2 aromatic heterocycles. The van der Waals surface area contributed by atoms with Crippen LogP contribution in [0.2, 0.25) is 0 Å². The highest BCUT2D eigenvalue weighted by atomic mass is 16.5. The van der Waals surface area contributed by atoms with Crippen LogP contribution in [0.25, 0.3) is 11.2 Å². The molecule has 8 heteroatoms. The molecule has 1 aliphatic rings. The van der Waals surface area contributed by atoms with Gasteiger partial charge in [0.25, 0.3) is 0 Å². The topological polar surface area (TPSA) is 85.2 Å². The molecule has 0 saturated carbocycles. The van der Waals surface area contributed by atoms with Gasteiger partial charge in [-0.15, -0.1) is 0 Å². The SMILES string of the molecule is CCOC(=O)CC1CCN(c2nc(Nc3cc(C(C)(C)C)ccc3C)c3c(ncn3C(C)C)n2)CC1. The number of aryl methyl sites for hydroxylation is 1. The summed E-state index contributed by atoms with van der Waals surface area (Å²) in [5, 5.41) is 3.64. The first-order chi connectivity index (χ1) is 17.1. The van der Waals surface area contributed by atoms with Gasteiger partial charge in [0.15, 0.2) is 11.5 Å². The molecule has 1 fully saturated rings. The summed E-state index contributed by atoms with van der Waals surface area (Å²) >= 11 is 0. The lowest BCUT2D eigenvalue weighted by molar-refractivity contribution is -0.144. The lowest BCUT2D eigenvalue weighted by Crippen LogP contribution is -2.35. The van der Waals surface area contributed by atoms with Crippen molar-refractivity contribution in [2.75, 3.05) is 29.9 Å². The number of ether oxygens (including phenoxy) is 1. The first-order valence-electron chi connectivity index (χ1n) is 13.1. The normalized spacial score (nSPS) is 15.1. The molecule has 3 heterocycles. The number of anilines is 3. The van der Waals surface area contributed by atoms with Crippen molar-refractivity contribution >= 4 is 34.6 Å². The van der Waals surface area contributed by atoms with Gasteiger partial charge in [-0.2, -0.15) is 9.97 Å². The summed E-state index contributed by atoms with van der Waals surface area (Å²) < 4.78 is 7.26. The average molecular weight is 493 g/mol. The number of nitrogens with zero attached hydrogens (tertiary/aromatic N) is 5. The fourth-order valence-corrected chi connectivity index (χ4v) is 4.70. The zero-order valence-corrected chi connectivity index (χ0v) is 22.8. The van der Waals surface area contributed by atoms with Gasteiger partial charge in [0.2, 0.25) is 5.95 Å². The Morgan fingerprint density at radius 3 is 2.56 bits per heavy atom. The maximum absolute atomic E-state index is 11.9. The van der Waals surface area contributed by atoms with Crippen molar-refractivity contribution in [2.24, 2.45) is 5.92 Å². The van der Waals surface area contributed by atoms with Gasteiger partial charge < -0.3 is 19.5 Å². The largest absolute Gasteiger partial charge is 0.466 e. The molecule has 4 rings (SSSR count). The van der Waals surface area contributed by atoms with Crippen molar-refractivity contribution in [2.45, 2.75) is 79.2 Å². The molecule has 1 aliphatic heterocycles. The zero-order valence-electron chi connectivity index (χ0n) is 22.8. The van der Waals surface area contributed by atoms with Crippen LogP contribution in [-0.4, -0.2) is 45.2 Å². The number of carbonyl (C=O) groups is 1. The minimum atomic E-state index is -0.104.